The van der Waals surface area contributed by atoms with Crippen molar-refractivity contribution < 1.29 is 9.18 Å². The number of aromatic nitrogens is 2. The van der Waals surface area contributed by atoms with Gasteiger partial charge < -0.3 is 10.2 Å². The van der Waals surface area contributed by atoms with E-state index in [1.54, 1.807) is 30.4 Å². The predicted molar refractivity (Wildman–Crippen MR) is 88.2 cm³/mol. The van der Waals surface area contributed by atoms with Crippen LogP contribution in [0.3, 0.4) is 0 Å². The summed E-state index contributed by atoms with van der Waals surface area (Å²) in [5.41, 5.74) is 1.03. The van der Waals surface area contributed by atoms with Crippen molar-refractivity contribution in [2.45, 2.75) is 32.2 Å². The highest BCUT2D eigenvalue weighted by atomic mass is 32.1. The molecule has 3 rings (SSSR count). The molecule has 2 aromatic rings. The zero-order valence-corrected chi connectivity index (χ0v) is 13.8. The summed E-state index contributed by atoms with van der Waals surface area (Å²) in [4.78, 5) is 13.3. The summed E-state index contributed by atoms with van der Waals surface area (Å²) < 4.78 is 12.9. The van der Waals surface area contributed by atoms with Gasteiger partial charge in [0.2, 0.25) is 11.0 Å². The van der Waals surface area contributed by atoms with Gasteiger partial charge in [-0.25, -0.2) is 4.39 Å². The molecule has 1 aromatic carbocycles. The van der Waals surface area contributed by atoms with Gasteiger partial charge in [0.05, 0.1) is 0 Å². The van der Waals surface area contributed by atoms with E-state index in [2.05, 4.69) is 20.4 Å². The van der Waals surface area contributed by atoms with Crippen molar-refractivity contribution in [3.05, 3.63) is 40.7 Å². The lowest BCUT2D eigenvalue weighted by atomic mass is 10.1. The smallest absolute Gasteiger partial charge is 0.217 e. The lowest BCUT2D eigenvalue weighted by Gasteiger charge is -2.31. The molecule has 5 nitrogen and oxygen atoms in total. The zero-order valence-electron chi connectivity index (χ0n) is 13.0. The third-order valence-electron chi connectivity index (χ3n) is 3.90. The van der Waals surface area contributed by atoms with Crippen LogP contribution in [0.1, 0.15) is 30.3 Å². The van der Waals surface area contributed by atoms with E-state index >= 15 is 0 Å². The molecule has 2 heterocycles. The molecule has 0 spiro atoms. The standard InChI is InChI=1S/C16H19FN4OS/c1-11(22)18-14-6-8-21(9-7-14)16-20-19-15(23-16)10-12-2-4-13(17)5-3-12/h2-5,14H,6-10H2,1H3,(H,18,22). The van der Waals surface area contributed by atoms with E-state index in [4.69, 9.17) is 0 Å². The Morgan fingerprint density at radius 2 is 2.00 bits per heavy atom. The van der Waals surface area contributed by atoms with Crippen molar-refractivity contribution in [2.75, 3.05) is 18.0 Å². The number of rotatable bonds is 4. The Bertz CT molecular complexity index is 665. The van der Waals surface area contributed by atoms with Crippen LogP contribution in [0, 0.1) is 5.82 Å². The molecule has 0 atom stereocenters. The van der Waals surface area contributed by atoms with E-state index in [1.807, 2.05) is 0 Å². The van der Waals surface area contributed by atoms with Crippen LogP contribution in [0.25, 0.3) is 0 Å². The molecule has 1 fully saturated rings. The van der Waals surface area contributed by atoms with E-state index in [1.165, 1.54) is 12.1 Å². The highest BCUT2D eigenvalue weighted by Gasteiger charge is 2.22. The summed E-state index contributed by atoms with van der Waals surface area (Å²) >= 11 is 1.58. The Labute approximate surface area is 138 Å². The lowest BCUT2D eigenvalue weighted by molar-refractivity contribution is -0.119. The minimum absolute atomic E-state index is 0.0287. The molecule has 1 aliphatic rings. The summed E-state index contributed by atoms with van der Waals surface area (Å²) in [6.45, 7) is 3.30. The molecule has 1 amide bonds. The second-order valence-electron chi connectivity index (χ2n) is 5.74. The molecule has 0 bridgehead atoms. The maximum absolute atomic E-state index is 12.9. The number of benzene rings is 1. The first-order valence-corrected chi connectivity index (χ1v) is 8.50. The van der Waals surface area contributed by atoms with E-state index in [0.29, 0.717) is 6.42 Å². The van der Waals surface area contributed by atoms with Gasteiger partial charge in [-0.05, 0) is 30.5 Å². The van der Waals surface area contributed by atoms with Crippen molar-refractivity contribution in [3.8, 4) is 0 Å². The molecule has 0 aliphatic carbocycles. The monoisotopic (exact) mass is 334 g/mol. The van der Waals surface area contributed by atoms with Crippen LogP contribution >= 0.6 is 11.3 Å². The van der Waals surface area contributed by atoms with Crippen LogP contribution < -0.4 is 10.2 Å². The Balaban J connectivity index is 1.57. The number of piperidine rings is 1. The number of anilines is 1. The minimum Gasteiger partial charge on any atom is -0.353 e. The van der Waals surface area contributed by atoms with Crippen LogP contribution in [-0.2, 0) is 11.2 Å². The lowest BCUT2D eigenvalue weighted by Crippen LogP contribution is -2.44. The first kappa shape index (κ1) is 15.9. The molecule has 0 unspecified atom stereocenters. The third-order valence-corrected chi connectivity index (χ3v) is 4.88. The SMILES string of the molecule is CC(=O)NC1CCN(c2nnc(Cc3ccc(F)cc3)s2)CC1. The number of carbonyl (C=O) groups is 1. The van der Waals surface area contributed by atoms with E-state index in [-0.39, 0.29) is 17.8 Å². The second kappa shape index (κ2) is 7.04. The van der Waals surface area contributed by atoms with Gasteiger partial charge in [0.1, 0.15) is 10.8 Å². The zero-order chi connectivity index (χ0) is 16.2. The highest BCUT2D eigenvalue weighted by Crippen LogP contribution is 2.25. The van der Waals surface area contributed by atoms with E-state index in [0.717, 1.165) is 41.6 Å². The molecule has 1 saturated heterocycles. The number of nitrogens with zero attached hydrogens (tertiary/aromatic N) is 3. The third kappa shape index (κ3) is 4.25. The molecule has 1 N–H and O–H groups in total. The summed E-state index contributed by atoms with van der Waals surface area (Å²) in [6.07, 6.45) is 2.51. The maximum Gasteiger partial charge on any atom is 0.217 e. The molecule has 0 radical (unpaired) electrons. The number of hydrogen-bond donors (Lipinski definition) is 1. The average molecular weight is 334 g/mol. The Morgan fingerprint density at radius 1 is 1.30 bits per heavy atom. The largest absolute Gasteiger partial charge is 0.353 e. The molecule has 7 heteroatoms. The molecule has 23 heavy (non-hydrogen) atoms. The van der Waals surface area contributed by atoms with Crippen LogP contribution in [0.4, 0.5) is 9.52 Å². The fourth-order valence-corrected chi connectivity index (χ4v) is 3.65. The van der Waals surface area contributed by atoms with Gasteiger partial charge in [0.15, 0.2) is 0 Å². The average Bonchev–Trinajstić information content (AvgIpc) is 2.98. The quantitative estimate of drug-likeness (QED) is 0.933. The van der Waals surface area contributed by atoms with Crippen LogP contribution in [0.15, 0.2) is 24.3 Å². The Morgan fingerprint density at radius 3 is 2.65 bits per heavy atom. The Hall–Kier alpha value is -2.02. The van der Waals surface area contributed by atoms with E-state index < -0.39 is 0 Å². The van der Waals surface area contributed by atoms with Crippen molar-refractivity contribution in [2.24, 2.45) is 0 Å². The summed E-state index contributed by atoms with van der Waals surface area (Å²) in [5.74, 6) is -0.199. The second-order valence-corrected chi connectivity index (χ2v) is 6.78. The first-order chi connectivity index (χ1) is 11.1. The first-order valence-electron chi connectivity index (χ1n) is 7.69. The normalized spacial score (nSPS) is 15.7. The summed E-state index contributed by atoms with van der Waals surface area (Å²) in [6, 6.07) is 6.73. The molecule has 1 aliphatic heterocycles. The van der Waals surface area contributed by atoms with Crippen LogP contribution in [0.5, 0.6) is 0 Å². The molecular weight excluding hydrogens is 315 g/mol. The van der Waals surface area contributed by atoms with Gasteiger partial charge in [-0.3, -0.25) is 4.79 Å². The number of halogens is 1. The van der Waals surface area contributed by atoms with Crippen molar-refractivity contribution in [1.29, 1.82) is 0 Å². The predicted octanol–water partition coefficient (Wildman–Crippen LogP) is 2.37. The van der Waals surface area contributed by atoms with Crippen molar-refractivity contribution in [1.82, 2.24) is 15.5 Å². The number of carbonyl (C=O) groups excluding carboxylic acids is 1. The molecule has 0 saturated carbocycles. The van der Waals surface area contributed by atoms with Crippen molar-refractivity contribution in [3.63, 3.8) is 0 Å². The van der Waals surface area contributed by atoms with Gasteiger partial charge >= 0.3 is 0 Å². The summed E-state index contributed by atoms with van der Waals surface area (Å²) in [5, 5.41) is 13.3. The number of nitrogens with one attached hydrogen (secondary N) is 1. The summed E-state index contributed by atoms with van der Waals surface area (Å²) in [7, 11) is 0. The number of amides is 1. The highest BCUT2D eigenvalue weighted by molar-refractivity contribution is 7.15. The van der Waals surface area contributed by atoms with E-state index in [9.17, 15) is 9.18 Å². The minimum atomic E-state index is -0.228. The van der Waals surface area contributed by atoms with Gasteiger partial charge in [-0.15, -0.1) is 10.2 Å². The van der Waals surface area contributed by atoms with Crippen LogP contribution in [0.2, 0.25) is 0 Å². The fraction of sp³-hybridized carbons (Fsp3) is 0.438. The van der Waals surface area contributed by atoms with Crippen molar-refractivity contribution >= 4 is 22.4 Å². The maximum atomic E-state index is 12.9. The number of hydrogen-bond acceptors (Lipinski definition) is 5. The van der Waals surface area contributed by atoms with Gasteiger partial charge in [-0.2, -0.15) is 0 Å². The topological polar surface area (TPSA) is 58.1 Å². The fourth-order valence-electron chi connectivity index (χ4n) is 2.72. The molecular formula is C16H19FN4OS. The molecule has 1 aromatic heterocycles. The van der Waals surface area contributed by atoms with Gasteiger partial charge in [-0.1, -0.05) is 23.5 Å². The van der Waals surface area contributed by atoms with Gasteiger partial charge in [0.25, 0.3) is 0 Å². The Kier molecular flexibility index (Phi) is 4.85. The van der Waals surface area contributed by atoms with Gasteiger partial charge in [0, 0.05) is 32.5 Å². The van der Waals surface area contributed by atoms with Crippen LogP contribution in [-0.4, -0.2) is 35.2 Å². The molecule has 122 valence electrons.